The Hall–Kier alpha value is -1.38. The van der Waals surface area contributed by atoms with E-state index in [4.69, 9.17) is 0 Å². The number of amides is 1. The molecule has 2 rings (SSSR count). The van der Waals surface area contributed by atoms with Crippen LogP contribution in [0.4, 0.5) is 4.39 Å². The van der Waals surface area contributed by atoms with Crippen LogP contribution in [-0.4, -0.2) is 38.0 Å². The van der Waals surface area contributed by atoms with E-state index in [1.165, 1.54) is 12.5 Å². The highest BCUT2D eigenvalue weighted by Gasteiger charge is 2.20. The molecule has 0 bridgehead atoms. The van der Waals surface area contributed by atoms with E-state index >= 15 is 0 Å². The van der Waals surface area contributed by atoms with Gasteiger partial charge in [-0.1, -0.05) is 37.5 Å². The van der Waals surface area contributed by atoms with Gasteiger partial charge in [0.15, 0.2) is 5.96 Å². The molecule has 0 heterocycles. The number of hydrogen-bond acceptors (Lipinski definition) is 2. The predicted octanol–water partition coefficient (Wildman–Crippen LogP) is 3.24. The molecule has 0 atom stereocenters. The minimum absolute atomic E-state index is 0. The molecule has 1 aliphatic rings. The molecule has 152 valence electrons. The zero-order chi connectivity index (χ0) is 18.6. The second kappa shape index (κ2) is 13.7. The second-order valence-corrected chi connectivity index (χ2v) is 6.65. The van der Waals surface area contributed by atoms with Crippen LogP contribution in [0.25, 0.3) is 0 Å². The molecule has 1 aliphatic carbocycles. The molecule has 5 nitrogen and oxygen atoms in total. The lowest BCUT2D eigenvalue weighted by molar-refractivity contribution is -0.125. The molecular formula is C20H32FIN4O. The largest absolute Gasteiger partial charge is 0.357 e. The maximum absolute atomic E-state index is 13.6. The van der Waals surface area contributed by atoms with Crippen molar-refractivity contribution in [3.63, 3.8) is 0 Å². The van der Waals surface area contributed by atoms with Crippen LogP contribution >= 0.6 is 24.0 Å². The van der Waals surface area contributed by atoms with Crippen LogP contribution in [0, 0.1) is 11.7 Å². The first-order valence-corrected chi connectivity index (χ1v) is 9.74. The van der Waals surface area contributed by atoms with Gasteiger partial charge in [-0.05, 0) is 37.8 Å². The molecule has 0 radical (unpaired) electrons. The second-order valence-electron chi connectivity index (χ2n) is 6.65. The molecule has 1 aromatic rings. The van der Waals surface area contributed by atoms with E-state index < -0.39 is 0 Å². The summed E-state index contributed by atoms with van der Waals surface area (Å²) in [5, 5.41) is 9.38. The van der Waals surface area contributed by atoms with Gasteiger partial charge in [-0.3, -0.25) is 9.79 Å². The van der Waals surface area contributed by atoms with Crippen molar-refractivity contribution in [2.24, 2.45) is 10.9 Å². The summed E-state index contributed by atoms with van der Waals surface area (Å²) >= 11 is 0. The van der Waals surface area contributed by atoms with Crippen molar-refractivity contribution in [2.75, 3.05) is 26.2 Å². The van der Waals surface area contributed by atoms with Crippen LogP contribution in [0.5, 0.6) is 0 Å². The number of nitrogens with one attached hydrogen (secondary N) is 3. The molecule has 1 saturated carbocycles. The zero-order valence-corrected chi connectivity index (χ0v) is 18.4. The Morgan fingerprint density at radius 3 is 2.52 bits per heavy atom. The molecule has 0 saturated heterocycles. The Balaban J connectivity index is 0.00000364. The topological polar surface area (TPSA) is 65.5 Å². The normalized spacial score (nSPS) is 15.0. The van der Waals surface area contributed by atoms with Crippen molar-refractivity contribution in [3.05, 3.63) is 35.6 Å². The molecule has 0 spiro atoms. The van der Waals surface area contributed by atoms with E-state index in [0.717, 1.165) is 32.2 Å². The quantitative estimate of drug-likeness (QED) is 0.227. The Morgan fingerprint density at radius 2 is 1.81 bits per heavy atom. The van der Waals surface area contributed by atoms with Crippen LogP contribution in [-0.2, 0) is 11.2 Å². The summed E-state index contributed by atoms with van der Waals surface area (Å²) in [7, 11) is 0. The van der Waals surface area contributed by atoms with Crippen LogP contribution in [0.15, 0.2) is 29.3 Å². The molecular weight excluding hydrogens is 458 g/mol. The van der Waals surface area contributed by atoms with Crippen LogP contribution in [0.3, 0.4) is 0 Å². The number of rotatable bonds is 8. The Bertz CT molecular complexity index is 591. The van der Waals surface area contributed by atoms with Crippen LogP contribution in [0.1, 0.15) is 44.6 Å². The third-order valence-electron chi connectivity index (χ3n) is 4.65. The molecule has 3 N–H and O–H groups in total. The Morgan fingerprint density at radius 1 is 1.11 bits per heavy atom. The van der Waals surface area contributed by atoms with E-state index in [1.54, 1.807) is 12.1 Å². The molecule has 27 heavy (non-hydrogen) atoms. The fourth-order valence-corrected chi connectivity index (χ4v) is 3.21. The number of guanidine groups is 1. The average molecular weight is 490 g/mol. The first-order chi connectivity index (χ1) is 12.7. The monoisotopic (exact) mass is 490 g/mol. The van der Waals surface area contributed by atoms with E-state index in [-0.39, 0.29) is 41.6 Å². The van der Waals surface area contributed by atoms with Gasteiger partial charge in [0.2, 0.25) is 5.91 Å². The third kappa shape index (κ3) is 8.90. The van der Waals surface area contributed by atoms with Crippen molar-refractivity contribution in [1.82, 2.24) is 16.0 Å². The summed E-state index contributed by atoms with van der Waals surface area (Å²) in [5.74, 6) is 0.862. The number of carbonyl (C=O) groups is 1. The summed E-state index contributed by atoms with van der Waals surface area (Å²) in [6.45, 7) is 4.45. The molecule has 0 aliphatic heterocycles. The van der Waals surface area contributed by atoms with Gasteiger partial charge in [0.05, 0.1) is 0 Å². The smallest absolute Gasteiger partial charge is 0.223 e. The minimum Gasteiger partial charge on any atom is -0.357 e. The predicted molar refractivity (Wildman–Crippen MR) is 119 cm³/mol. The van der Waals surface area contributed by atoms with Crippen molar-refractivity contribution in [1.29, 1.82) is 0 Å². The minimum atomic E-state index is -0.189. The zero-order valence-electron chi connectivity index (χ0n) is 16.1. The molecule has 0 unspecified atom stereocenters. The summed E-state index contributed by atoms with van der Waals surface area (Å²) in [6, 6.07) is 6.78. The Labute approximate surface area is 179 Å². The number of aliphatic imine (C=N–C) groups is 1. The fourth-order valence-electron chi connectivity index (χ4n) is 3.21. The van der Waals surface area contributed by atoms with E-state index in [0.29, 0.717) is 37.6 Å². The average Bonchev–Trinajstić information content (AvgIpc) is 2.67. The molecule has 7 heteroatoms. The summed E-state index contributed by atoms with van der Waals surface area (Å²) in [5.41, 5.74) is 0.673. The van der Waals surface area contributed by atoms with Gasteiger partial charge in [0.25, 0.3) is 0 Å². The number of halogens is 2. The van der Waals surface area contributed by atoms with Crippen molar-refractivity contribution < 1.29 is 9.18 Å². The van der Waals surface area contributed by atoms with Gasteiger partial charge in [-0.15, -0.1) is 24.0 Å². The van der Waals surface area contributed by atoms with Gasteiger partial charge in [-0.2, -0.15) is 0 Å². The molecule has 1 fully saturated rings. The first kappa shape index (κ1) is 23.7. The highest BCUT2D eigenvalue weighted by Crippen LogP contribution is 2.23. The van der Waals surface area contributed by atoms with Gasteiger partial charge >= 0.3 is 0 Å². The lowest BCUT2D eigenvalue weighted by atomic mass is 9.89. The lowest BCUT2D eigenvalue weighted by Gasteiger charge is -2.21. The number of carbonyl (C=O) groups excluding carboxylic acids is 1. The SMILES string of the molecule is CCNC(=NCCc1ccccc1F)NCCNC(=O)C1CCCCC1.I. The standard InChI is InChI=1S/C20H31FN4O.HI/c1-2-22-20(24-13-12-16-8-6-7-11-18(16)21)25-15-14-23-19(26)17-9-4-3-5-10-17;/h6-8,11,17H,2-5,9-10,12-15H2,1H3,(H,23,26)(H2,22,24,25);1H. The van der Waals surface area contributed by atoms with Crippen molar-refractivity contribution >= 4 is 35.8 Å². The summed E-state index contributed by atoms with van der Waals surface area (Å²) in [4.78, 5) is 16.6. The van der Waals surface area contributed by atoms with E-state index in [2.05, 4.69) is 20.9 Å². The summed E-state index contributed by atoms with van der Waals surface area (Å²) in [6.07, 6.45) is 6.16. The van der Waals surface area contributed by atoms with Crippen molar-refractivity contribution in [2.45, 2.75) is 45.4 Å². The fraction of sp³-hybridized carbons (Fsp3) is 0.600. The lowest BCUT2D eigenvalue weighted by Crippen LogP contribution is -2.42. The van der Waals surface area contributed by atoms with Crippen molar-refractivity contribution in [3.8, 4) is 0 Å². The van der Waals surface area contributed by atoms with Crippen LogP contribution in [0.2, 0.25) is 0 Å². The van der Waals surface area contributed by atoms with Gasteiger partial charge in [0.1, 0.15) is 5.82 Å². The van der Waals surface area contributed by atoms with E-state index in [1.807, 2.05) is 13.0 Å². The number of benzene rings is 1. The summed E-state index contributed by atoms with van der Waals surface area (Å²) < 4.78 is 13.6. The Kier molecular flexibility index (Phi) is 12.0. The van der Waals surface area contributed by atoms with Gasteiger partial charge in [0, 0.05) is 32.1 Å². The number of hydrogen-bond donors (Lipinski definition) is 3. The van der Waals surface area contributed by atoms with Crippen LogP contribution < -0.4 is 16.0 Å². The van der Waals surface area contributed by atoms with Gasteiger partial charge in [-0.25, -0.2) is 4.39 Å². The highest BCUT2D eigenvalue weighted by molar-refractivity contribution is 14.0. The maximum atomic E-state index is 13.6. The molecule has 1 amide bonds. The first-order valence-electron chi connectivity index (χ1n) is 9.74. The maximum Gasteiger partial charge on any atom is 0.223 e. The molecule has 1 aromatic carbocycles. The molecule has 0 aromatic heterocycles. The number of nitrogens with zero attached hydrogens (tertiary/aromatic N) is 1. The van der Waals surface area contributed by atoms with Gasteiger partial charge < -0.3 is 16.0 Å². The highest BCUT2D eigenvalue weighted by atomic mass is 127. The van der Waals surface area contributed by atoms with E-state index in [9.17, 15) is 9.18 Å². The third-order valence-corrected chi connectivity index (χ3v) is 4.65.